The predicted octanol–water partition coefficient (Wildman–Crippen LogP) is 4.41. The minimum Gasteiger partial charge on any atom is -0.502 e. The summed E-state index contributed by atoms with van der Waals surface area (Å²) in [5.41, 5.74) is -6.18. The number of fused-ring (bicyclic) bond motifs is 1. The van der Waals surface area contributed by atoms with Crippen LogP contribution in [0.3, 0.4) is 0 Å². The van der Waals surface area contributed by atoms with Crippen molar-refractivity contribution in [3.05, 3.63) is 59.9 Å². The fourth-order valence-corrected chi connectivity index (χ4v) is 4.70. The Balaban J connectivity index is 2.15. The van der Waals surface area contributed by atoms with Crippen molar-refractivity contribution >= 4 is 15.7 Å². The van der Waals surface area contributed by atoms with E-state index in [1.165, 1.54) is 19.6 Å². The number of anilines is 1. The number of hydrogen-bond donors (Lipinski definition) is 1. The zero-order chi connectivity index (χ0) is 25.3. The lowest BCUT2D eigenvalue weighted by molar-refractivity contribution is -0.137. The summed E-state index contributed by atoms with van der Waals surface area (Å²) in [4.78, 5) is 8.32. The normalized spacial score (nSPS) is 17.9. The number of allylic oxidation sites excluding steroid dienone is 1. The van der Waals surface area contributed by atoms with E-state index in [2.05, 4.69) is 16.5 Å². The zero-order valence-electron chi connectivity index (χ0n) is 17.9. The highest BCUT2D eigenvalue weighted by Gasteiger charge is 2.51. The van der Waals surface area contributed by atoms with Crippen LogP contribution in [0.4, 0.5) is 32.0 Å². The van der Waals surface area contributed by atoms with Crippen molar-refractivity contribution < 1.29 is 39.5 Å². The molecule has 188 valence electrons. The summed E-state index contributed by atoms with van der Waals surface area (Å²) in [5, 5.41) is 0. The molecular weight excluding hydrogens is 490 g/mol. The van der Waals surface area contributed by atoms with Crippen molar-refractivity contribution in [2.24, 2.45) is 0 Å². The number of alkyl halides is 6. The van der Waals surface area contributed by atoms with E-state index >= 15 is 0 Å². The lowest BCUT2D eigenvalue weighted by atomic mass is 10.0. The summed E-state index contributed by atoms with van der Waals surface area (Å²) in [6, 6.07) is 1.81. The van der Waals surface area contributed by atoms with E-state index in [1.54, 1.807) is 4.90 Å². The van der Waals surface area contributed by atoms with E-state index in [0.29, 0.717) is 17.5 Å². The fraction of sp³-hybridized carbons (Fsp3) is 0.450. The molecule has 2 aromatic rings. The lowest BCUT2D eigenvalue weighted by Crippen LogP contribution is -2.47. The van der Waals surface area contributed by atoms with Crippen LogP contribution in [0.1, 0.15) is 29.7 Å². The maximum atomic E-state index is 13.4. The van der Waals surface area contributed by atoms with Gasteiger partial charge < -0.3 is 14.6 Å². The number of aromatic nitrogens is 2. The summed E-state index contributed by atoms with van der Waals surface area (Å²) in [5.74, 6) is 0.323. The van der Waals surface area contributed by atoms with Crippen molar-refractivity contribution in [1.82, 2.24) is 14.3 Å². The number of aromatic amines is 1. The molecule has 0 radical (unpaired) electrons. The minimum absolute atomic E-state index is 0.0440. The number of rotatable bonds is 7. The van der Waals surface area contributed by atoms with Gasteiger partial charge in [-0.15, -0.1) is 0 Å². The average molecular weight is 512 g/mol. The molecule has 1 unspecified atom stereocenters. The maximum absolute atomic E-state index is 13.4. The molecule has 0 spiro atoms. The van der Waals surface area contributed by atoms with E-state index in [4.69, 9.17) is 4.74 Å². The number of sulfonamides is 1. The van der Waals surface area contributed by atoms with Gasteiger partial charge in [-0.2, -0.15) is 30.6 Å². The highest BCUT2D eigenvalue weighted by Crippen LogP contribution is 2.39. The van der Waals surface area contributed by atoms with Crippen molar-refractivity contribution in [2.75, 3.05) is 18.6 Å². The largest absolute Gasteiger partial charge is 0.511 e. The van der Waals surface area contributed by atoms with Gasteiger partial charge in [0.05, 0.1) is 37.0 Å². The molecule has 14 heteroatoms. The van der Waals surface area contributed by atoms with Crippen LogP contribution in [0.25, 0.3) is 0 Å². The van der Waals surface area contributed by atoms with Gasteiger partial charge in [0.1, 0.15) is 0 Å². The molecule has 1 N–H and O–H groups in total. The van der Waals surface area contributed by atoms with Crippen LogP contribution in [0.2, 0.25) is 0 Å². The Kier molecular flexibility index (Phi) is 7.22. The third-order valence-electron chi connectivity index (χ3n) is 5.49. The van der Waals surface area contributed by atoms with E-state index in [9.17, 15) is 34.8 Å². The Labute approximate surface area is 192 Å². The minimum atomic E-state index is -5.82. The topological polar surface area (TPSA) is 78.5 Å². The smallest absolute Gasteiger partial charge is 0.502 e. The molecule has 34 heavy (non-hydrogen) atoms. The molecule has 1 aliphatic rings. The number of methoxy groups -OCH3 is 1. The van der Waals surface area contributed by atoms with E-state index in [0.717, 1.165) is 12.1 Å². The quantitative estimate of drug-likeness (QED) is 0.439. The molecule has 7 nitrogen and oxygen atoms in total. The van der Waals surface area contributed by atoms with Gasteiger partial charge in [0.2, 0.25) is 0 Å². The molecule has 1 atom stereocenters. The Hall–Kier alpha value is -2.74. The van der Waals surface area contributed by atoms with Crippen molar-refractivity contribution in [1.29, 1.82) is 0 Å². The number of nitrogens with one attached hydrogen (secondary N) is 1. The van der Waals surface area contributed by atoms with E-state index < -0.39 is 46.4 Å². The highest BCUT2D eigenvalue weighted by molar-refractivity contribution is 7.89. The van der Waals surface area contributed by atoms with Gasteiger partial charge in [0, 0.05) is 37.4 Å². The van der Waals surface area contributed by atoms with Crippen LogP contribution in [0, 0.1) is 0 Å². The maximum Gasteiger partial charge on any atom is 0.511 e. The Morgan fingerprint density at radius 3 is 2.53 bits per heavy atom. The molecule has 0 saturated heterocycles. The van der Waals surface area contributed by atoms with Crippen LogP contribution in [0.5, 0.6) is 0 Å². The van der Waals surface area contributed by atoms with Gasteiger partial charge >= 0.3 is 21.7 Å². The number of halogens is 6. The third kappa shape index (κ3) is 5.49. The number of imidazole rings is 1. The molecule has 2 heterocycles. The molecule has 1 aromatic carbocycles. The average Bonchev–Trinajstić information content (AvgIpc) is 3.20. The van der Waals surface area contributed by atoms with Gasteiger partial charge in [-0.05, 0) is 30.2 Å². The van der Waals surface area contributed by atoms with Crippen LogP contribution in [0.15, 0.2) is 43.1 Å². The second-order valence-electron chi connectivity index (χ2n) is 7.72. The summed E-state index contributed by atoms with van der Waals surface area (Å²) in [6.07, 6.45) is -1.60. The van der Waals surface area contributed by atoms with Crippen LogP contribution in [-0.2, 0) is 34.0 Å². The zero-order valence-corrected chi connectivity index (χ0v) is 18.8. The standard InChI is InChI=1S/C20H22F6N4O3S/c1-13(33-2)3-5-17-11-29(34(31,32)20(24,25)26)9-14-7-15(19(21,22)23)4-6-18(14)30(17)10-16-8-27-12-28-16/h4,6-8,12,17H,1,3,5,9-11H2,2H3,(H,27,28). The number of ether oxygens (including phenoxy) is 1. The number of benzene rings is 1. The van der Waals surface area contributed by atoms with Crippen molar-refractivity contribution in [2.45, 2.75) is 43.7 Å². The lowest BCUT2D eigenvalue weighted by Gasteiger charge is -2.34. The SMILES string of the molecule is C=C(CCC1CN(S(=O)(=O)C(F)(F)F)Cc2cc(C(F)(F)F)ccc2N1Cc1cnc[nH]1)OC. The number of H-pyrrole nitrogens is 1. The molecule has 0 aliphatic carbocycles. The second-order valence-corrected chi connectivity index (χ2v) is 9.65. The third-order valence-corrected chi connectivity index (χ3v) is 7.03. The Bertz CT molecular complexity index is 1120. The highest BCUT2D eigenvalue weighted by atomic mass is 32.2. The first-order valence-corrected chi connectivity index (χ1v) is 11.4. The summed E-state index contributed by atoms with van der Waals surface area (Å²) in [7, 11) is -4.46. The van der Waals surface area contributed by atoms with Crippen molar-refractivity contribution in [3.63, 3.8) is 0 Å². The van der Waals surface area contributed by atoms with Gasteiger partial charge in [-0.1, -0.05) is 6.58 Å². The first-order valence-electron chi connectivity index (χ1n) is 9.96. The van der Waals surface area contributed by atoms with Gasteiger partial charge in [-0.25, -0.2) is 13.4 Å². The first kappa shape index (κ1) is 25.9. The van der Waals surface area contributed by atoms with Gasteiger partial charge in [0.25, 0.3) is 0 Å². The summed E-state index contributed by atoms with van der Waals surface area (Å²) in [6.45, 7) is 2.24. The summed E-state index contributed by atoms with van der Waals surface area (Å²) < 4.78 is 110. The van der Waals surface area contributed by atoms with Gasteiger partial charge in [0.15, 0.2) is 0 Å². The second kappa shape index (κ2) is 9.49. The van der Waals surface area contributed by atoms with E-state index in [1.807, 2.05) is 0 Å². The fourth-order valence-electron chi connectivity index (χ4n) is 3.73. The molecule has 3 rings (SSSR count). The molecule has 1 aromatic heterocycles. The molecule has 0 fully saturated rings. The Morgan fingerprint density at radius 1 is 1.26 bits per heavy atom. The summed E-state index contributed by atoms with van der Waals surface area (Å²) >= 11 is 0. The van der Waals surface area contributed by atoms with Crippen LogP contribution < -0.4 is 4.90 Å². The molecule has 0 bridgehead atoms. The molecular formula is C20H22F6N4O3S. The van der Waals surface area contributed by atoms with E-state index in [-0.39, 0.29) is 34.9 Å². The van der Waals surface area contributed by atoms with Crippen molar-refractivity contribution in [3.8, 4) is 0 Å². The van der Waals surface area contributed by atoms with Crippen LogP contribution >= 0.6 is 0 Å². The van der Waals surface area contributed by atoms with Crippen LogP contribution in [-0.4, -0.2) is 47.9 Å². The number of nitrogens with zero attached hydrogens (tertiary/aromatic N) is 3. The molecule has 1 aliphatic heterocycles. The monoisotopic (exact) mass is 512 g/mol. The van der Waals surface area contributed by atoms with Gasteiger partial charge in [-0.3, -0.25) is 0 Å². The number of hydrogen-bond acceptors (Lipinski definition) is 5. The predicted molar refractivity (Wildman–Crippen MR) is 111 cm³/mol. The first-order chi connectivity index (χ1) is 15.7. The molecule has 0 saturated carbocycles. The molecule has 0 amide bonds. The Morgan fingerprint density at radius 2 is 1.97 bits per heavy atom.